The van der Waals surface area contributed by atoms with Crippen LogP contribution in [0, 0.1) is 31.1 Å². The molecule has 0 fully saturated rings. The van der Waals surface area contributed by atoms with Crippen LogP contribution in [0.4, 0.5) is 11.4 Å². The molecule has 0 radical (unpaired) electrons. The van der Waals surface area contributed by atoms with E-state index < -0.39 is 0 Å². The van der Waals surface area contributed by atoms with E-state index >= 15 is 0 Å². The second-order valence-electron chi connectivity index (χ2n) is 5.82. The number of rotatable bonds is 5. The molecule has 0 saturated carbocycles. The van der Waals surface area contributed by atoms with E-state index in [-0.39, 0.29) is 11.8 Å². The quantitative estimate of drug-likeness (QED) is 0.436. The highest BCUT2D eigenvalue weighted by Crippen LogP contribution is 2.25. The molecule has 3 N–H and O–H groups in total. The number of hydrogen-bond acceptors (Lipinski definition) is 4. The summed E-state index contributed by atoms with van der Waals surface area (Å²) >= 11 is 0. The minimum absolute atomic E-state index is 0.215. The first-order valence-electron chi connectivity index (χ1n) is 7.24. The monoisotopic (exact) mass is 286 g/mol. The average Bonchev–Trinajstić information content (AvgIpc) is 2.41. The molecule has 4 nitrogen and oxygen atoms in total. The average molecular weight is 286 g/mol. The lowest BCUT2D eigenvalue weighted by Gasteiger charge is -2.15. The van der Waals surface area contributed by atoms with Crippen molar-refractivity contribution in [2.45, 2.75) is 41.5 Å². The van der Waals surface area contributed by atoms with Gasteiger partial charge >= 0.3 is 0 Å². The summed E-state index contributed by atoms with van der Waals surface area (Å²) in [5.74, 6) is 0.485. The summed E-state index contributed by atoms with van der Waals surface area (Å²) in [6, 6.07) is 3.82. The first kappa shape index (κ1) is 17.1. The number of aryl methyl sites for hydroxylation is 1. The molecule has 0 spiro atoms. The Kier molecular flexibility index (Phi) is 5.82. The number of nitrogens with two attached hydrogens (primary N) is 1. The van der Waals surface area contributed by atoms with Gasteiger partial charge in [0.15, 0.2) is 0 Å². The van der Waals surface area contributed by atoms with Crippen LogP contribution in [0.2, 0.25) is 0 Å². The third kappa shape index (κ3) is 4.81. The van der Waals surface area contributed by atoms with Gasteiger partial charge in [0, 0.05) is 11.4 Å². The SMILES string of the molecule is CC(=N)C(C)C(C)/C=C(\C)N=Nc1cc(C)c(C)c(N)c1. The van der Waals surface area contributed by atoms with Crippen LogP contribution >= 0.6 is 0 Å². The Morgan fingerprint density at radius 2 is 1.86 bits per heavy atom. The zero-order chi connectivity index (χ0) is 16.2. The Morgan fingerprint density at radius 3 is 2.38 bits per heavy atom. The van der Waals surface area contributed by atoms with E-state index in [9.17, 15) is 0 Å². The van der Waals surface area contributed by atoms with Gasteiger partial charge in [0.25, 0.3) is 0 Å². The summed E-state index contributed by atoms with van der Waals surface area (Å²) in [5.41, 5.74) is 11.2. The van der Waals surface area contributed by atoms with Crippen molar-refractivity contribution in [1.29, 1.82) is 5.41 Å². The number of benzene rings is 1. The summed E-state index contributed by atoms with van der Waals surface area (Å²) in [7, 11) is 0. The topological polar surface area (TPSA) is 74.6 Å². The summed E-state index contributed by atoms with van der Waals surface area (Å²) < 4.78 is 0. The maximum absolute atomic E-state index is 7.68. The molecule has 0 saturated heterocycles. The van der Waals surface area contributed by atoms with Gasteiger partial charge < -0.3 is 11.1 Å². The lowest BCUT2D eigenvalue weighted by molar-refractivity contribution is 0.581. The Balaban J connectivity index is 2.87. The Morgan fingerprint density at radius 1 is 1.24 bits per heavy atom. The van der Waals surface area contributed by atoms with E-state index in [1.54, 1.807) is 0 Å². The van der Waals surface area contributed by atoms with Crippen molar-refractivity contribution in [2.75, 3.05) is 5.73 Å². The highest BCUT2D eigenvalue weighted by Gasteiger charge is 2.11. The van der Waals surface area contributed by atoms with E-state index in [0.717, 1.165) is 28.2 Å². The minimum atomic E-state index is 0.215. The molecular formula is C17H26N4. The number of nitrogens with one attached hydrogen (secondary N) is 1. The summed E-state index contributed by atoms with van der Waals surface area (Å²) in [5, 5.41) is 16.2. The zero-order valence-corrected chi connectivity index (χ0v) is 13.9. The number of nitrogen functional groups attached to an aromatic ring is 1. The van der Waals surface area contributed by atoms with Crippen LogP contribution in [-0.2, 0) is 0 Å². The molecule has 1 aromatic carbocycles. The lowest BCUT2D eigenvalue weighted by Crippen LogP contribution is -2.13. The minimum Gasteiger partial charge on any atom is -0.398 e. The van der Waals surface area contributed by atoms with Crippen LogP contribution in [0.15, 0.2) is 34.1 Å². The fourth-order valence-electron chi connectivity index (χ4n) is 2.01. The summed E-state index contributed by atoms with van der Waals surface area (Å²) in [6.45, 7) is 11.9. The molecule has 2 unspecified atom stereocenters. The van der Waals surface area contributed by atoms with Crippen molar-refractivity contribution in [2.24, 2.45) is 22.1 Å². The van der Waals surface area contributed by atoms with Crippen LogP contribution in [0.1, 0.15) is 38.8 Å². The maximum Gasteiger partial charge on any atom is 0.0880 e. The third-order valence-electron chi connectivity index (χ3n) is 3.99. The molecule has 114 valence electrons. The van der Waals surface area contributed by atoms with Gasteiger partial charge in [0.1, 0.15) is 0 Å². The van der Waals surface area contributed by atoms with Crippen LogP contribution < -0.4 is 5.73 Å². The molecule has 0 aliphatic heterocycles. The zero-order valence-electron chi connectivity index (χ0n) is 13.9. The molecule has 2 atom stereocenters. The van der Waals surface area contributed by atoms with E-state index in [1.807, 2.05) is 39.8 Å². The molecule has 0 amide bonds. The van der Waals surface area contributed by atoms with Crippen molar-refractivity contribution < 1.29 is 0 Å². The van der Waals surface area contributed by atoms with Crippen molar-refractivity contribution in [3.8, 4) is 0 Å². The van der Waals surface area contributed by atoms with Gasteiger partial charge in [-0.3, -0.25) is 0 Å². The van der Waals surface area contributed by atoms with Gasteiger partial charge in [-0.05, 0) is 62.8 Å². The Bertz CT molecular complexity index is 561. The standard InChI is InChI=1S/C17H26N4/c1-10(13(4)15(6)18)7-12(3)20-21-16-8-11(2)14(5)17(19)9-16/h7-10,13,18H,19H2,1-6H3/b12-7+,18-15?,21-20?. The molecule has 0 aliphatic carbocycles. The molecular weight excluding hydrogens is 260 g/mol. The number of nitrogens with zero attached hydrogens (tertiary/aromatic N) is 2. The van der Waals surface area contributed by atoms with Crippen molar-refractivity contribution in [3.05, 3.63) is 35.0 Å². The van der Waals surface area contributed by atoms with Crippen molar-refractivity contribution >= 4 is 17.1 Å². The predicted molar refractivity (Wildman–Crippen MR) is 90.3 cm³/mol. The predicted octanol–water partition coefficient (Wildman–Crippen LogP) is 5.19. The van der Waals surface area contributed by atoms with Crippen LogP contribution in [0.25, 0.3) is 0 Å². The van der Waals surface area contributed by atoms with Crippen molar-refractivity contribution in [1.82, 2.24) is 0 Å². The van der Waals surface area contributed by atoms with Gasteiger partial charge in [0.05, 0.1) is 11.4 Å². The Hall–Kier alpha value is -1.97. The van der Waals surface area contributed by atoms with E-state index in [0.29, 0.717) is 5.71 Å². The molecule has 0 aromatic heterocycles. The normalized spacial score (nSPS) is 15.2. The third-order valence-corrected chi connectivity index (χ3v) is 3.99. The maximum atomic E-state index is 7.68. The van der Waals surface area contributed by atoms with Crippen LogP contribution in [-0.4, -0.2) is 5.71 Å². The fourth-order valence-corrected chi connectivity index (χ4v) is 2.01. The number of hydrogen-bond donors (Lipinski definition) is 2. The van der Waals surface area contributed by atoms with E-state index in [4.69, 9.17) is 11.1 Å². The number of allylic oxidation sites excluding steroid dienone is 2. The van der Waals surface area contributed by atoms with Gasteiger partial charge in [-0.25, -0.2) is 0 Å². The molecule has 1 aromatic rings. The fraction of sp³-hybridized carbons (Fsp3) is 0.471. The number of azo groups is 1. The Labute approximate surface area is 127 Å². The van der Waals surface area contributed by atoms with Gasteiger partial charge in [-0.15, -0.1) is 0 Å². The molecule has 0 heterocycles. The van der Waals surface area contributed by atoms with E-state index in [1.165, 1.54) is 0 Å². The lowest BCUT2D eigenvalue weighted by atomic mass is 9.91. The van der Waals surface area contributed by atoms with Crippen LogP contribution in [0.5, 0.6) is 0 Å². The number of anilines is 1. The second-order valence-corrected chi connectivity index (χ2v) is 5.82. The molecule has 0 aliphatic rings. The largest absolute Gasteiger partial charge is 0.398 e. The highest BCUT2D eigenvalue weighted by atomic mass is 15.1. The summed E-state index contributed by atoms with van der Waals surface area (Å²) in [4.78, 5) is 0. The molecule has 21 heavy (non-hydrogen) atoms. The molecule has 0 bridgehead atoms. The first-order chi connectivity index (χ1) is 9.72. The van der Waals surface area contributed by atoms with Gasteiger partial charge in [-0.2, -0.15) is 10.2 Å². The molecule has 4 heteroatoms. The molecule has 1 rings (SSSR count). The van der Waals surface area contributed by atoms with Crippen molar-refractivity contribution in [3.63, 3.8) is 0 Å². The second kappa shape index (κ2) is 7.16. The first-order valence-corrected chi connectivity index (χ1v) is 7.24. The van der Waals surface area contributed by atoms with Crippen LogP contribution in [0.3, 0.4) is 0 Å². The summed E-state index contributed by atoms with van der Waals surface area (Å²) in [6.07, 6.45) is 2.05. The van der Waals surface area contributed by atoms with Gasteiger partial charge in [0.2, 0.25) is 0 Å². The van der Waals surface area contributed by atoms with E-state index in [2.05, 4.69) is 30.2 Å². The van der Waals surface area contributed by atoms with Gasteiger partial charge in [-0.1, -0.05) is 19.9 Å². The smallest absolute Gasteiger partial charge is 0.0880 e. The highest BCUT2D eigenvalue weighted by molar-refractivity contribution is 5.81.